The van der Waals surface area contributed by atoms with Crippen LogP contribution in [0, 0.1) is 0 Å². The summed E-state index contributed by atoms with van der Waals surface area (Å²) in [6.45, 7) is -0.237. The Hall–Kier alpha value is -2.74. The average molecular weight is 409 g/mol. The van der Waals surface area contributed by atoms with Gasteiger partial charge < -0.3 is 14.2 Å². The smallest absolute Gasteiger partial charge is 0.276 e. The highest BCUT2D eigenvalue weighted by molar-refractivity contribution is 9.10. The maximum atomic E-state index is 12.0. The summed E-state index contributed by atoms with van der Waals surface area (Å²) in [5.74, 6) is 0.863. The Morgan fingerprint density at radius 1 is 0.960 bits per heavy atom. The molecule has 0 fully saturated rings. The van der Waals surface area contributed by atoms with Crippen LogP contribution in [-0.4, -0.2) is 32.6 Å². The zero-order valence-electron chi connectivity index (χ0n) is 13.7. The van der Waals surface area contributed by atoms with E-state index in [1.54, 1.807) is 49.6 Å². The fourth-order valence-electron chi connectivity index (χ4n) is 1.86. The summed E-state index contributed by atoms with van der Waals surface area (Å²) < 4.78 is 16.1. The number of amides is 2. The number of rotatable bonds is 6. The lowest BCUT2D eigenvalue weighted by Crippen LogP contribution is -2.43. The van der Waals surface area contributed by atoms with Gasteiger partial charge in [-0.15, -0.1) is 0 Å². The molecule has 0 radical (unpaired) electrons. The van der Waals surface area contributed by atoms with Crippen molar-refractivity contribution in [3.63, 3.8) is 0 Å². The number of hydrogen-bond donors (Lipinski definition) is 2. The summed E-state index contributed by atoms with van der Waals surface area (Å²) in [5.41, 5.74) is 4.97. The fraction of sp³-hybridized carbons (Fsp3) is 0.176. The van der Waals surface area contributed by atoms with Crippen LogP contribution in [0.3, 0.4) is 0 Å². The molecule has 0 saturated carbocycles. The molecular weight excluding hydrogens is 392 g/mol. The summed E-state index contributed by atoms with van der Waals surface area (Å²) in [6.07, 6.45) is 0. The first-order valence-electron chi connectivity index (χ1n) is 7.23. The van der Waals surface area contributed by atoms with Gasteiger partial charge in [-0.05, 0) is 58.4 Å². The van der Waals surface area contributed by atoms with Crippen molar-refractivity contribution in [2.75, 3.05) is 20.8 Å². The zero-order valence-corrected chi connectivity index (χ0v) is 15.3. The van der Waals surface area contributed by atoms with Gasteiger partial charge >= 0.3 is 0 Å². The van der Waals surface area contributed by atoms with Crippen LogP contribution in [0.2, 0.25) is 0 Å². The number of carbonyl (C=O) groups is 2. The van der Waals surface area contributed by atoms with E-state index in [-0.39, 0.29) is 6.61 Å². The van der Waals surface area contributed by atoms with Crippen LogP contribution < -0.4 is 25.1 Å². The summed E-state index contributed by atoms with van der Waals surface area (Å²) in [5, 5.41) is 0. The van der Waals surface area contributed by atoms with E-state index in [9.17, 15) is 9.59 Å². The first-order chi connectivity index (χ1) is 12.0. The molecule has 2 rings (SSSR count). The van der Waals surface area contributed by atoms with E-state index >= 15 is 0 Å². The number of hydrazine groups is 1. The molecule has 2 aromatic rings. The highest BCUT2D eigenvalue weighted by Crippen LogP contribution is 2.25. The van der Waals surface area contributed by atoms with E-state index in [1.165, 1.54) is 7.11 Å². The second-order valence-corrected chi connectivity index (χ2v) is 5.67. The second kappa shape index (κ2) is 8.93. The molecule has 0 aromatic heterocycles. The quantitative estimate of drug-likeness (QED) is 0.716. The molecule has 0 aliphatic heterocycles. The molecule has 8 heteroatoms. The van der Waals surface area contributed by atoms with Crippen molar-refractivity contribution >= 4 is 27.7 Å². The van der Waals surface area contributed by atoms with Crippen LogP contribution in [0.1, 0.15) is 10.4 Å². The summed E-state index contributed by atoms with van der Waals surface area (Å²) >= 11 is 3.30. The van der Waals surface area contributed by atoms with Crippen LogP contribution in [0.4, 0.5) is 0 Å². The van der Waals surface area contributed by atoms with Crippen LogP contribution >= 0.6 is 15.9 Å². The van der Waals surface area contributed by atoms with Crippen molar-refractivity contribution in [3.8, 4) is 17.2 Å². The number of halogens is 1. The molecule has 0 saturated heterocycles. The standard InChI is InChI=1S/C17H17BrN2O5/c1-23-12-4-6-13(7-5-12)25-10-16(21)19-20-17(22)11-3-8-15(24-2)14(18)9-11/h3-9H,10H2,1-2H3,(H,19,21)(H,20,22). The van der Waals surface area contributed by atoms with E-state index in [2.05, 4.69) is 26.8 Å². The normalized spacial score (nSPS) is 9.88. The van der Waals surface area contributed by atoms with E-state index < -0.39 is 11.8 Å². The maximum Gasteiger partial charge on any atom is 0.276 e. The van der Waals surface area contributed by atoms with Crippen LogP contribution in [0.5, 0.6) is 17.2 Å². The molecule has 2 aromatic carbocycles. The number of nitrogens with one attached hydrogen (secondary N) is 2. The lowest BCUT2D eigenvalue weighted by atomic mass is 10.2. The van der Waals surface area contributed by atoms with Gasteiger partial charge in [-0.1, -0.05) is 0 Å². The van der Waals surface area contributed by atoms with Gasteiger partial charge in [0.25, 0.3) is 11.8 Å². The molecule has 0 bridgehead atoms. The predicted molar refractivity (Wildman–Crippen MR) is 94.8 cm³/mol. The number of ether oxygens (including phenoxy) is 3. The van der Waals surface area contributed by atoms with Crippen LogP contribution in [0.15, 0.2) is 46.9 Å². The Morgan fingerprint density at radius 2 is 1.64 bits per heavy atom. The third-order valence-corrected chi connectivity index (χ3v) is 3.78. The van der Waals surface area contributed by atoms with Crippen molar-refractivity contribution in [1.82, 2.24) is 10.9 Å². The Bertz CT molecular complexity index is 749. The Morgan fingerprint density at radius 3 is 2.24 bits per heavy atom. The van der Waals surface area contributed by atoms with Gasteiger partial charge in [-0.3, -0.25) is 20.4 Å². The minimum atomic E-state index is -0.489. The van der Waals surface area contributed by atoms with Crippen molar-refractivity contribution in [2.24, 2.45) is 0 Å². The minimum absolute atomic E-state index is 0.237. The number of methoxy groups -OCH3 is 2. The van der Waals surface area contributed by atoms with Crippen molar-refractivity contribution in [2.45, 2.75) is 0 Å². The van der Waals surface area contributed by atoms with Crippen molar-refractivity contribution in [3.05, 3.63) is 52.5 Å². The van der Waals surface area contributed by atoms with E-state index in [0.29, 0.717) is 27.3 Å². The van der Waals surface area contributed by atoms with Crippen molar-refractivity contribution in [1.29, 1.82) is 0 Å². The molecule has 0 aliphatic rings. The van der Waals surface area contributed by atoms with Crippen molar-refractivity contribution < 1.29 is 23.8 Å². The van der Waals surface area contributed by atoms with Gasteiger partial charge in [0.1, 0.15) is 17.2 Å². The summed E-state index contributed by atoms with van der Waals surface area (Å²) in [4.78, 5) is 23.7. The van der Waals surface area contributed by atoms with E-state index in [0.717, 1.165) is 0 Å². The lowest BCUT2D eigenvalue weighted by Gasteiger charge is -2.10. The van der Waals surface area contributed by atoms with Gasteiger partial charge in [0.15, 0.2) is 6.61 Å². The summed E-state index contributed by atoms with van der Waals surface area (Å²) in [7, 11) is 3.09. The average Bonchev–Trinajstić information content (AvgIpc) is 2.64. The molecule has 2 amide bonds. The third kappa shape index (κ3) is 5.39. The highest BCUT2D eigenvalue weighted by Gasteiger charge is 2.10. The second-order valence-electron chi connectivity index (χ2n) is 4.82. The highest BCUT2D eigenvalue weighted by atomic mass is 79.9. The largest absolute Gasteiger partial charge is 0.497 e. The summed E-state index contributed by atoms with van der Waals surface area (Å²) in [6, 6.07) is 11.6. The SMILES string of the molecule is COc1ccc(OCC(=O)NNC(=O)c2ccc(OC)c(Br)c2)cc1. The lowest BCUT2D eigenvalue weighted by molar-refractivity contribution is -0.123. The fourth-order valence-corrected chi connectivity index (χ4v) is 2.40. The molecule has 7 nitrogen and oxygen atoms in total. The van der Waals surface area contributed by atoms with E-state index in [1.807, 2.05) is 0 Å². The van der Waals surface area contributed by atoms with Crippen LogP contribution in [-0.2, 0) is 4.79 Å². The van der Waals surface area contributed by atoms with Gasteiger partial charge in [0.05, 0.1) is 18.7 Å². The number of hydrogen-bond acceptors (Lipinski definition) is 5. The third-order valence-electron chi connectivity index (χ3n) is 3.16. The van der Waals surface area contributed by atoms with Crippen LogP contribution in [0.25, 0.3) is 0 Å². The maximum absolute atomic E-state index is 12.0. The monoisotopic (exact) mass is 408 g/mol. The molecule has 0 spiro atoms. The predicted octanol–water partition coefficient (Wildman–Crippen LogP) is 2.31. The Balaban J connectivity index is 1.80. The molecule has 0 unspecified atom stereocenters. The minimum Gasteiger partial charge on any atom is -0.497 e. The molecule has 0 aliphatic carbocycles. The molecule has 25 heavy (non-hydrogen) atoms. The molecule has 0 heterocycles. The number of benzene rings is 2. The first-order valence-corrected chi connectivity index (χ1v) is 8.02. The van der Waals surface area contributed by atoms with Gasteiger partial charge in [-0.25, -0.2) is 0 Å². The van der Waals surface area contributed by atoms with Gasteiger partial charge in [0, 0.05) is 5.56 Å². The first kappa shape index (κ1) is 18.6. The van der Waals surface area contributed by atoms with Gasteiger partial charge in [-0.2, -0.15) is 0 Å². The Kier molecular flexibility index (Phi) is 6.64. The topological polar surface area (TPSA) is 85.9 Å². The van der Waals surface area contributed by atoms with E-state index in [4.69, 9.17) is 14.2 Å². The molecule has 132 valence electrons. The molecular formula is C17H17BrN2O5. The van der Waals surface area contributed by atoms with Gasteiger partial charge in [0.2, 0.25) is 0 Å². The Labute approximate surface area is 153 Å². The number of carbonyl (C=O) groups excluding carboxylic acids is 2. The zero-order chi connectivity index (χ0) is 18.2. The molecule has 0 atom stereocenters. The molecule has 2 N–H and O–H groups in total.